The van der Waals surface area contributed by atoms with Crippen molar-refractivity contribution in [3.05, 3.63) is 23.3 Å². The molecule has 0 aliphatic carbocycles. The second-order valence-corrected chi connectivity index (χ2v) is 7.89. The number of carboxylic acids is 1. The zero-order valence-corrected chi connectivity index (χ0v) is 16.3. The number of sulfonamides is 1. The Labute approximate surface area is 159 Å². The highest BCUT2D eigenvalue weighted by Gasteiger charge is 2.29. The summed E-state index contributed by atoms with van der Waals surface area (Å²) < 4.78 is 23.1. The van der Waals surface area contributed by atoms with Crippen molar-refractivity contribution in [2.45, 2.75) is 44.0 Å². The number of rotatable bonds is 5. The predicted octanol–water partition coefficient (Wildman–Crippen LogP) is 1.25. The van der Waals surface area contributed by atoms with Crippen molar-refractivity contribution in [1.82, 2.24) is 4.90 Å². The van der Waals surface area contributed by atoms with Crippen molar-refractivity contribution in [1.29, 1.82) is 0 Å². The van der Waals surface area contributed by atoms with Gasteiger partial charge in [-0.1, -0.05) is 6.42 Å². The Morgan fingerprint density at radius 2 is 1.96 bits per heavy atom. The third-order valence-corrected chi connectivity index (χ3v) is 5.38. The third kappa shape index (κ3) is 5.41. The summed E-state index contributed by atoms with van der Waals surface area (Å²) in [7, 11) is -3.89. The van der Waals surface area contributed by atoms with Crippen LogP contribution in [0.15, 0.2) is 17.0 Å². The fraction of sp³-hybridized carbons (Fsp3) is 0.500. The average molecular weight is 406 g/mol. The van der Waals surface area contributed by atoms with Crippen LogP contribution in [0.3, 0.4) is 0 Å². The lowest BCUT2D eigenvalue weighted by molar-refractivity contribution is -0.145. The zero-order chi connectivity index (χ0) is 18.8. The van der Waals surface area contributed by atoms with Crippen LogP contribution in [0, 0.1) is 13.8 Å². The van der Waals surface area contributed by atoms with Crippen LogP contribution in [0.1, 0.15) is 30.4 Å². The molecule has 1 atom stereocenters. The van der Waals surface area contributed by atoms with Gasteiger partial charge in [-0.25, -0.2) is 13.6 Å². The number of carboxylic acid groups (broad SMARTS) is 1. The van der Waals surface area contributed by atoms with Crippen LogP contribution in [-0.4, -0.2) is 49.4 Å². The maximum Gasteiger partial charge on any atom is 0.320 e. The van der Waals surface area contributed by atoms with E-state index in [9.17, 15) is 23.1 Å². The number of nitrogens with two attached hydrogens (primary N) is 1. The van der Waals surface area contributed by atoms with Gasteiger partial charge in [-0.3, -0.25) is 14.5 Å². The largest absolute Gasteiger partial charge is 0.480 e. The second-order valence-electron chi connectivity index (χ2n) is 6.33. The third-order valence-electron chi connectivity index (χ3n) is 4.49. The fourth-order valence-electron chi connectivity index (χ4n) is 2.95. The van der Waals surface area contributed by atoms with Gasteiger partial charge in [0.2, 0.25) is 15.9 Å². The topological polar surface area (TPSA) is 130 Å². The molecule has 26 heavy (non-hydrogen) atoms. The molecule has 0 radical (unpaired) electrons. The number of anilines is 1. The second kappa shape index (κ2) is 8.81. The van der Waals surface area contributed by atoms with Crippen molar-refractivity contribution in [3.63, 3.8) is 0 Å². The van der Waals surface area contributed by atoms with E-state index >= 15 is 0 Å². The van der Waals surface area contributed by atoms with Crippen LogP contribution < -0.4 is 10.5 Å². The van der Waals surface area contributed by atoms with Crippen LogP contribution >= 0.6 is 12.4 Å². The first-order chi connectivity index (χ1) is 11.6. The highest BCUT2D eigenvalue weighted by Crippen LogP contribution is 2.24. The Bertz CT molecular complexity index is 797. The van der Waals surface area contributed by atoms with E-state index in [1.54, 1.807) is 18.7 Å². The number of halogens is 1. The molecule has 2 rings (SSSR count). The van der Waals surface area contributed by atoms with Gasteiger partial charge in [-0.05, 0) is 56.5 Å². The summed E-state index contributed by atoms with van der Waals surface area (Å²) in [4.78, 5) is 25.2. The number of likely N-dealkylation sites (tertiary alicyclic amines) is 1. The summed E-state index contributed by atoms with van der Waals surface area (Å²) in [6.45, 7) is 3.97. The summed E-state index contributed by atoms with van der Waals surface area (Å²) in [5, 5.41) is 17.1. The van der Waals surface area contributed by atoms with Gasteiger partial charge in [0.05, 0.1) is 11.4 Å². The quantitative estimate of drug-likeness (QED) is 0.675. The Morgan fingerprint density at radius 1 is 1.31 bits per heavy atom. The number of nitrogens with zero attached hydrogens (tertiary/aromatic N) is 1. The SMILES string of the molecule is Cc1cc(S(N)(=O)=O)cc(NC(=O)CN2CCCCC2C(=O)O)c1C.Cl. The monoisotopic (exact) mass is 405 g/mol. The molecule has 146 valence electrons. The van der Waals surface area contributed by atoms with E-state index in [1.165, 1.54) is 12.1 Å². The Morgan fingerprint density at radius 3 is 2.54 bits per heavy atom. The molecule has 8 nitrogen and oxygen atoms in total. The summed E-state index contributed by atoms with van der Waals surface area (Å²) >= 11 is 0. The number of carbonyl (C=O) groups excluding carboxylic acids is 1. The van der Waals surface area contributed by atoms with E-state index < -0.39 is 22.0 Å². The Kier molecular flexibility index (Phi) is 7.57. The first kappa shape index (κ1) is 22.4. The lowest BCUT2D eigenvalue weighted by Gasteiger charge is -2.32. The predicted molar refractivity (Wildman–Crippen MR) is 100 cm³/mol. The molecule has 1 fully saturated rings. The van der Waals surface area contributed by atoms with Crippen molar-refractivity contribution in [2.75, 3.05) is 18.4 Å². The number of amides is 1. The van der Waals surface area contributed by atoms with Crippen molar-refractivity contribution < 1.29 is 23.1 Å². The minimum atomic E-state index is -3.89. The summed E-state index contributed by atoms with van der Waals surface area (Å²) in [5.41, 5.74) is 1.77. The fourth-order valence-corrected chi connectivity index (χ4v) is 3.58. The summed E-state index contributed by atoms with van der Waals surface area (Å²) in [6, 6.07) is 2.10. The van der Waals surface area contributed by atoms with Crippen molar-refractivity contribution >= 4 is 40.0 Å². The number of aryl methyl sites for hydroxylation is 1. The molecule has 1 heterocycles. The van der Waals surface area contributed by atoms with Gasteiger partial charge in [0.1, 0.15) is 6.04 Å². The molecule has 1 saturated heterocycles. The maximum atomic E-state index is 12.3. The lowest BCUT2D eigenvalue weighted by Crippen LogP contribution is -2.47. The van der Waals surface area contributed by atoms with Crippen molar-refractivity contribution in [2.24, 2.45) is 5.14 Å². The highest BCUT2D eigenvalue weighted by atomic mass is 35.5. The van der Waals surface area contributed by atoms with Crippen molar-refractivity contribution in [3.8, 4) is 0 Å². The average Bonchev–Trinajstić information content (AvgIpc) is 2.50. The van der Waals surface area contributed by atoms with E-state index in [0.717, 1.165) is 18.4 Å². The highest BCUT2D eigenvalue weighted by molar-refractivity contribution is 7.89. The molecule has 1 aromatic rings. The lowest BCUT2D eigenvalue weighted by atomic mass is 10.0. The Hall–Kier alpha value is -1.68. The molecule has 0 saturated carbocycles. The maximum absolute atomic E-state index is 12.3. The molecular weight excluding hydrogens is 382 g/mol. The van der Waals surface area contributed by atoms with Gasteiger partial charge in [-0.15, -0.1) is 12.4 Å². The molecule has 1 aliphatic rings. The normalized spacial score (nSPS) is 18.0. The van der Waals surface area contributed by atoms with Crippen LogP contribution in [0.4, 0.5) is 5.69 Å². The number of piperidine rings is 1. The molecule has 1 aromatic carbocycles. The minimum absolute atomic E-state index is 0. The Balaban J connectivity index is 0.00000338. The van der Waals surface area contributed by atoms with Gasteiger partial charge in [0.25, 0.3) is 0 Å². The van der Waals surface area contributed by atoms with Gasteiger partial charge >= 0.3 is 5.97 Å². The van der Waals surface area contributed by atoms with Crippen LogP contribution in [0.2, 0.25) is 0 Å². The van der Waals surface area contributed by atoms with E-state index in [-0.39, 0.29) is 29.8 Å². The molecule has 0 aromatic heterocycles. The molecular formula is C16H24ClN3O5S. The molecule has 4 N–H and O–H groups in total. The number of carbonyl (C=O) groups is 2. The van der Waals surface area contributed by atoms with Gasteiger partial charge in [0.15, 0.2) is 0 Å². The number of nitrogens with one attached hydrogen (secondary N) is 1. The number of aliphatic carboxylic acids is 1. The smallest absolute Gasteiger partial charge is 0.320 e. The minimum Gasteiger partial charge on any atom is -0.480 e. The standard InChI is InChI=1S/C16H23N3O5S.ClH/c1-10-7-12(25(17,23)24)8-13(11(10)2)18-15(20)9-19-6-4-3-5-14(19)16(21)22;/h7-8,14H,3-6,9H2,1-2H3,(H,18,20)(H,21,22)(H2,17,23,24);1H. The molecule has 10 heteroatoms. The van der Waals surface area contributed by atoms with Crippen LogP contribution in [0.25, 0.3) is 0 Å². The molecule has 1 aliphatic heterocycles. The van der Waals surface area contributed by atoms with E-state index in [0.29, 0.717) is 24.2 Å². The number of benzene rings is 1. The van der Waals surface area contributed by atoms with Gasteiger partial charge in [0, 0.05) is 5.69 Å². The zero-order valence-electron chi connectivity index (χ0n) is 14.7. The van der Waals surface area contributed by atoms with Gasteiger partial charge in [-0.2, -0.15) is 0 Å². The van der Waals surface area contributed by atoms with E-state index in [4.69, 9.17) is 5.14 Å². The molecule has 0 bridgehead atoms. The number of hydrogen-bond donors (Lipinski definition) is 3. The van der Waals surface area contributed by atoms with E-state index in [2.05, 4.69) is 5.32 Å². The first-order valence-corrected chi connectivity index (χ1v) is 9.55. The molecule has 0 spiro atoms. The van der Waals surface area contributed by atoms with Gasteiger partial charge < -0.3 is 10.4 Å². The molecule has 1 amide bonds. The molecule has 1 unspecified atom stereocenters. The van der Waals surface area contributed by atoms with Crippen LogP contribution in [0.5, 0.6) is 0 Å². The number of hydrogen-bond acceptors (Lipinski definition) is 5. The summed E-state index contributed by atoms with van der Waals surface area (Å²) in [6.07, 6.45) is 2.18. The van der Waals surface area contributed by atoms with Crippen LogP contribution in [-0.2, 0) is 19.6 Å². The number of primary sulfonamides is 1. The van der Waals surface area contributed by atoms with E-state index in [1.807, 2.05) is 0 Å². The first-order valence-electron chi connectivity index (χ1n) is 8.00. The summed E-state index contributed by atoms with van der Waals surface area (Å²) in [5.74, 6) is -1.32.